The highest BCUT2D eigenvalue weighted by atomic mass is 16.5. The molecule has 0 unspecified atom stereocenters. The van der Waals surface area contributed by atoms with Crippen LogP contribution in [0.1, 0.15) is 24.9 Å². The zero-order valence-corrected chi connectivity index (χ0v) is 16.5. The van der Waals surface area contributed by atoms with Crippen molar-refractivity contribution in [2.75, 3.05) is 25.2 Å². The molecule has 1 N–H and O–H groups in total. The molecule has 0 aliphatic carbocycles. The number of amides is 2. The van der Waals surface area contributed by atoms with Crippen molar-refractivity contribution in [3.8, 4) is 5.75 Å². The minimum Gasteiger partial charge on any atom is -0.497 e. The molecule has 2 amide bonds. The van der Waals surface area contributed by atoms with E-state index in [2.05, 4.69) is 5.32 Å². The molecule has 1 aliphatic heterocycles. The fourth-order valence-corrected chi connectivity index (χ4v) is 3.26. The summed E-state index contributed by atoms with van der Waals surface area (Å²) < 4.78 is 10.3. The van der Waals surface area contributed by atoms with Gasteiger partial charge in [-0.25, -0.2) is 0 Å². The largest absolute Gasteiger partial charge is 0.497 e. The molecule has 2 aromatic rings. The van der Waals surface area contributed by atoms with E-state index in [-0.39, 0.29) is 37.4 Å². The Balaban J connectivity index is 1.51. The molecule has 1 aliphatic rings. The minimum absolute atomic E-state index is 0.0537. The number of carbonyl (C=O) groups is 3. The second-order valence-corrected chi connectivity index (χ2v) is 6.91. The second kappa shape index (κ2) is 9.23. The van der Waals surface area contributed by atoms with Crippen LogP contribution in [-0.4, -0.2) is 38.0 Å². The lowest BCUT2D eigenvalue weighted by Crippen LogP contribution is -2.32. The first kappa shape index (κ1) is 20.4. The van der Waals surface area contributed by atoms with E-state index < -0.39 is 11.9 Å². The number of nitrogens with one attached hydrogen (secondary N) is 1. The van der Waals surface area contributed by atoms with Gasteiger partial charge < -0.3 is 19.7 Å². The normalized spacial score (nSPS) is 17.0. The van der Waals surface area contributed by atoms with Gasteiger partial charge in [0.15, 0.2) is 6.61 Å². The van der Waals surface area contributed by atoms with E-state index >= 15 is 0 Å². The number of rotatable bonds is 7. The van der Waals surface area contributed by atoms with Gasteiger partial charge in [-0.05, 0) is 24.6 Å². The number of carbonyl (C=O) groups excluding carboxylic acids is 3. The Morgan fingerprint density at radius 3 is 2.66 bits per heavy atom. The molecule has 7 heteroatoms. The standard InChI is InChI=1S/C22H24N2O5/c1-15(16-7-4-3-5-8-16)23-20(25)14-29-22(27)17-11-21(26)24(13-17)18-9-6-10-19(12-18)28-2/h3-10,12,15,17H,11,13-14H2,1-2H3,(H,23,25)/t15-,17+/m0/s1. The summed E-state index contributed by atoms with van der Waals surface area (Å²) in [7, 11) is 1.55. The predicted octanol–water partition coefficient (Wildman–Crippen LogP) is 2.47. The van der Waals surface area contributed by atoms with Crippen LogP contribution in [0.4, 0.5) is 5.69 Å². The minimum atomic E-state index is -0.604. The molecule has 1 heterocycles. The summed E-state index contributed by atoms with van der Waals surface area (Å²) in [6.07, 6.45) is 0.0537. The number of hydrogen-bond donors (Lipinski definition) is 1. The Hall–Kier alpha value is -3.35. The van der Waals surface area contributed by atoms with Gasteiger partial charge in [0.1, 0.15) is 5.75 Å². The number of nitrogens with zero attached hydrogens (tertiary/aromatic N) is 1. The molecule has 3 rings (SSSR count). The number of hydrogen-bond acceptors (Lipinski definition) is 5. The van der Waals surface area contributed by atoms with Crippen molar-refractivity contribution >= 4 is 23.5 Å². The van der Waals surface area contributed by atoms with E-state index in [1.54, 1.807) is 31.4 Å². The zero-order chi connectivity index (χ0) is 20.8. The lowest BCUT2D eigenvalue weighted by Gasteiger charge is -2.17. The van der Waals surface area contributed by atoms with Gasteiger partial charge in [0, 0.05) is 24.7 Å². The van der Waals surface area contributed by atoms with Crippen LogP contribution in [0.5, 0.6) is 5.75 Å². The van der Waals surface area contributed by atoms with Gasteiger partial charge in [-0.2, -0.15) is 0 Å². The molecule has 152 valence electrons. The molecule has 0 radical (unpaired) electrons. The summed E-state index contributed by atoms with van der Waals surface area (Å²) >= 11 is 0. The molecule has 7 nitrogen and oxygen atoms in total. The maximum atomic E-state index is 12.3. The number of benzene rings is 2. The molecule has 1 fully saturated rings. The SMILES string of the molecule is COc1cccc(N2C[C@H](C(=O)OCC(=O)N[C@@H](C)c3ccccc3)CC2=O)c1. The van der Waals surface area contributed by atoms with Crippen molar-refractivity contribution in [1.29, 1.82) is 0 Å². The van der Waals surface area contributed by atoms with Crippen LogP contribution in [0.25, 0.3) is 0 Å². The predicted molar refractivity (Wildman–Crippen MR) is 107 cm³/mol. The zero-order valence-electron chi connectivity index (χ0n) is 16.5. The Kier molecular flexibility index (Phi) is 6.49. The van der Waals surface area contributed by atoms with Crippen molar-refractivity contribution in [1.82, 2.24) is 5.32 Å². The van der Waals surface area contributed by atoms with Crippen LogP contribution in [0, 0.1) is 5.92 Å². The van der Waals surface area contributed by atoms with E-state index in [1.807, 2.05) is 37.3 Å². The third kappa shape index (κ3) is 5.13. The van der Waals surface area contributed by atoms with Crippen LogP contribution >= 0.6 is 0 Å². The van der Waals surface area contributed by atoms with E-state index in [9.17, 15) is 14.4 Å². The van der Waals surface area contributed by atoms with Crippen molar-refractivity contribution in [3.63, 3.8) is 0 Å². The molecule has 0 saturated carbocycles. The first-order chi connectivity index (χ1) is 14.0. The first-order valence-electron chi connectivity index (χ1n) is 9.43. The van der Waals surface area contributed by atoms with Crippen LogP contribution < -0.4 is 15.0 Å². The van der Waals surface area contributed by atoms with Gasteiger partial charge in [0.25, 0.3) is 5.91 Å². The maximum Gasteiger partial charge on any atom is 0.311 e. The Morgan fingerprint density at radius 2 is 1.93 bits per heavy atom. The summed E-state index contributed by atoms with van der Waals surface area (Å²) in [5.41, 5.74) is 1.63. The molecule has 0 bridgehead atoms. The first-order valence-corrected chi connectivity index (χ1v) is 9.43. The number of esters is 1. The van der Waals surface area contributed by atoms with Gasteiger partial charge in [0.2, 0.25) is 5.91 Å². The van der Waals surface area contributed by atoms with Gasteiger partial charge in [0.05, 0.1) is 19.1 Å². The lowest BCUT2D eigenvalue weighted by atomic mass is 10.1. The summed E-state index contributed by atoms with van der Waals surface area (Å²) in [6, 6.07) is 16.4. The fourth-order valence-electron chi connectivity index (χ4n) is 3.26. The van der Waals surface area contributed by atoms with Gasteiger partial charge >= 0.3 is 5.97 Å². The summed E-state index contributed by atoms with van der Waals surface area (Å²) in [6.45, 7) is 1.70. The summed E-state index contributed by atoms with van der Waals surface area (Å²) in [5, 5.41) is 2.79. The van der Waals surface area contributed by atoms with E-state index in [0.29, 0.717) is 11.4 Å². The summed E-state index contributed by atoms with van der Waals surface area (Å²) in [4.78, 5) is 38.3. The molecule has 1 saturated heterocycles. The molecule has 2 aromatic carbocycles. The van der Waals surface area contributed by atoms with E-state index in [0.717, 1.165) is 5.56 Å². The molecule has 29 heavy (non-hydrogen) atoms. The maximum absolute atomic E-state index is 12.3. The Labute approximate surface area is 169 Å². The van der Waals surface area contributed by atoms with Crippen LogP contribution in [0.15, 0.2) is 54.6 Å². The van der Waals surface area contributed by atoms with Crippen LogP contribution in [0.2, 0.25) is 0 Å². The highest BCUT2D eigenvalue weighted by molar-refractivity contribution is 5.99. The average molecular weight is 396 g/mol. The molecular weight excluding hydrogens is 372 g/mol. The van der Waals surface area contributed by atoms with Gasteiger partial charge in [-0.15, -0.1) is 0 Å². The average Bonchev–Trinajstić information content (AvgIpc) is 3.14. The van der Waals surface area contributed by atoms with Crippen LogP contribution in [0.3, 0.4) is 0 Å². The lowest BCUT2D eigenvalue weighted by molar-refractivity contribution is -0.152. The second-order valence-electron chi connectivity index (χ2n) is 6.91. The number of anilines is 1. The van der Waals surface area contributed by atoms with E-state index in [4.69, 9.17) is 9.47 Å². The molecule has 0 spiro atoms. The topological polar surface area (TPSA) is 84.9 Å². The van der Waals surface area contributed by atoms with Gasteiger partial charge in [-0.3, -0.25) is 14.4 Å². The van der Waals surface area contributed by atoms with Crippen molar-refractivity contribution in [2.24, 2.45) is 5.92 Å². The molecular formula is C22H24N2O5. The number of ether oxygens (including phenoxy) is 2. The quantitative estimate of drug-likeness (QED) is 0.727. The Bertz CT molecular complexity index is 884. The third-order valence-corrected chi connectivity index (χ3v) is 4.85. The molecule has 0 aromatic heterocycles. The highest BCUT2D eigenvalue weighted by Gasteiger charge is 2.36. The van der Waals surface area contributed by atoms with Crippen LogP contribution in [-0.2, 0) is 19.1 Å². The monoisotopic (exact) mass is 396 g/mol. The highest BCUT2D eigenvalue weighted by Crippen LogP contribution is 2.28. The fraction of sp³-hybridized carbons (Fsp3) is 0.318. The number of methoxy groups -OCH3 is 1. The Morgan fingerprint density at radius 1 is 1.17 bits per heavy atom. The van der Waals surface area contributed by atoms with Crippen molar-refractivity contribution in [2.45, 2.75) is 19.4 Å². The third-order valence-electron chi connectivity index (χ3n) is 4.85. The van der Waals surface area contributed by atoms with Gasteiger partial charge in [-0.1, -0.05) is 36.4 Å². The van der Waals surface area contributed by atoms with E-state index in [1.165, 1.54) is 4.90 Å². The van der Waals surface area contributed by atoms with Crippen molar-refractivity contribution < 1.29 is 23.9 Å². The van der Waals surface area contributed by atoms with Crippen molar-refractivity contribution in [3.05, 3.63) is 60.2 Å². The smallest absolute Gasteiger partial charge is 0.311 e. The molecule has 2 atom stereocenters. The summed E-state index contributed by atoms with van der Waals surface area (Å²) in [5.74, 6) is -1.07.